The molecule has 2 amide bonds. The summed E-state index contributed by atoms with van der Waals surface area (Å²) in [4.78, 5) is 28.1. The average molecular weight is 333 g/mol. The first-order valence-electron chi connectivity index (χ1n) is 6.59. The van der Waals surface area contributed by atoms with Gasteiger partial charge in [-0.2, -0.15) is 0 Å². The van der Waals surface area contributed by atoms with Crippen molar-refractivity contribution in [3.8, 4) is 0 Å². The summed E-state index contributed by atoms with van der Waals surface area (Å²) in [6.45, 7) is 2.15. The Hall–Kier alpha value is -1.92. The van der Waals surface area contributed by atoms with Crippen molar-refractivity contribution in [2.24, 2.45) is 0 Å². The Bertz CT molecular complexity index is 765. The van der Waals surface area contributed by atoms with E-state index in [0.717, 1.165) is 27.1 Å². The van der Waals surface area contributed by atoms with Crippen molar-refractivity contribution in [2.75, 3.05) is 0 Å². The summed E-state index contributed by atoms with van der Waals surface area (Å²) in [5.74, 6) is -0.642. The second-order valence-electron chi connectivity index (χ2n) is 4.84. The van der Waals surface area contributed by atoms with Gasteiger partial charge in [-0.3, -0.25) is 14.5 Å². The summed E-state index contributed by atoms with van der Waals surface area (Å²) < 4.78 is 12.9. The molecule has 0 bridgehead atoms. The molecule has 112 valence electrons. The van der Waals surface area contributed by atoms with Gasteiger partial charge in [-0.25, -0.2) is 4.39 Å². The first-order valence-corrected chi connectivity index (χ1v) is 8.22. The number of halogens is 1. The number of hydrogen-bond acceptors (Lipinski definition) is 4. The van der Waals surface area contributed by atoms with E-state index in [1.165, 1.54) is 17.0 Å². The lowest BCUT2D eigenvalue weighted by atomic mass is 10.2. The molecular formula is C16H12FNO2S2. The molecule has 0 atom stereocenters. The Morgan fingerprint density at radius 2 is 1.86 bits per heavy atom. The minimum Gasteiger partial charge on any atom is -0.268 e. The average Bonchev–Trinajstić information content (AvgIpc) is 3.00. The second kappa shape index (κ2) is 6.06. The van der Waals surface area contributed by atoms with Crippen molar-refractivity contribution in [3.05, 3.63) is 62.4 Å². The third-order valence-electron chi connectivity index (χ3n) is 3.16. The normalized spacial score (nSPS) is 16.8. The quantitative estimate of drug-likeness (QED) is 0.780. The zero-order chi connectivity index (χ0) is 15.7. The molecule has 0 aliphatic carbocycles. The van der Waals surface area contributed by atoms with E-state index in [2.05, 4.69) is 0 Å². The van der Waals surface area contributed by atoms with Crippen LogP contribution in [0.1, 0.15) is 15.3 Å². The smallest absolute Gasteiger partial charge is 0.268 e. The van der Waals surface area contributed by atoms with Gasteiger partial charge in [0.05, 0.1) is 11.4 Å². The molecule has 3 rings (SSSR count). The maximum atomic E-state index is 12.9. The van der Waals surface area contributed by atoms with Crippen molar-refractivity contribution in [1.29, 1.82) is 0 Å². The zero-order valence-electron chi connectivity index (χ0n) is 11.7. The van der Waals surface area contributed by atoms with Crippen LogP contribution in [0.4, 0.5) is 9.18 Å². The molecule has 3 nitrogen and oxygen atoms in total. The fraction of sp³-hybridized carbons (Fsp3) is 0.125. The lowest BCUT2D eigenvalue weighted by Gasteiger charge is -2.12. The standard InChI is InChI=1S/C16H12FNO2S2/c1-10-2-7-13(21-10)8-14-15(19)18(16(20)22-14)9-11-3-5-12(17)6-4-11/h2-8H,9H2,1H3/b14-8-. The number of amides is 2. The van der Waals surface area contributed by atoms with E-state index < -0.39 is 0 Å². The third kappa shape index (κ3) is 3.13. The number of nitrogens with zero attached hydrogens (tertiary/aromatic N) is 1. The number of thiophene rings is 1. The van der Waals surface area contributed by atoms with Crippen molar-refractivity contribution in [3.63, 3.8) is 0 Å². The van der Waals surface area contributed by atoms with Gasteiger partial charge in [-0.15, -0.1) is 11.3 Å². The molecule has 0 saturated carbocycles. The van der Waals surface area contributed by atoms with Gasteiger partial charge < -0.3 is 0 Å². The van der Waals surface area contributed by atoms with Crippen LogP contribution in [0.25, 0.3) is 6.08 Å². The summed E-state index contributed by atoms with van der Waals surface area (Å²) in [5.41, 5.74) is 0.719. The molecular weight excluding hydrogens is 321 g/mol. The van der Waals surface area contributed by atoms with E-state index in [4.69, 9.17) is 0 Å². The Morgan fingerprint density at radius 1 is 1.14 bits per heavy atom. The molecule has 1 aromatic carbocycles. The highest BCUT2D eigenvalue weighted by Crippen LogP contribution is 2.34. The number of benzene rings is 1. The Kier molecular flexibility index (Phi) is 4.13. The summed E-state index contributed by atoms with van der Waals surface area (Å²) in [6, 6.07) is 9.68. The molecule has 0 N–H and O–H groups in total. The largest absolute Gasteiger partial charge is 0.293 e. The van der Waals surface area contributed by atoms with Crippen LogP contribution in [0.3, 0.4) is 0 Å². The Balaban J connectivity index is 1.79. The van der Waals surface area contributed by atoms with Gasteiger partial charge in [-0.05, 0) is 54.6 Å². The van der Waals surface area contributed by atoms with E-state index in [1.807, 2.05) is 19.1 Å². The van der Waals surface area contributed by atoms with Crippen molar-refractivity contribution >= 4 is 40.3 Å². The highest BCUT2D eigenvalue weighted by molar-refractivity contribution is 8.18. The zero-order valence-corrected chi connectivity index (χ0v) is 13.3. The molecule has 0 unspecified atom stereocenters. The number of thioether (sulfide) groups is 1. The number of rotatable bonds is 3. The van der Waals surface area contributed by atoms with Crippen LogP contribution in [0.5, 0.6) is 0 Å². The molecule has 0 spiro atoms. The third-order valence-corrected chi connectivity index (χ3v) is 5.02. The molecule has 2 heterocycles. The topological polar surface area (TPSA) is 37.4 Å². The first-order chi connectivity index (χ1) is 10.5. The van der Waals surface area contributed by atoms with Crippen molar-refractivity contribution in [2.45, 2.75) is 13.5 Å². The minimum atomic E-state index is -0.342. The van der Waals surface area contributed by atoms with Gasteiger partial charge in [-0.1, -0.05) is 12.1 Å². The lowest BCUT2D eigenvalue weighted by Crippen LogP contribution is -2.27. The van der Waals surface area contributed by atoms with Gasteiger partial charge in [0.2, 0.25) is 0 Å². The molecule has 22 heavy (non-hydrogen) atoms. The SMILES string of the molecule is Cc1ccc(/C=C2\SC(=O)N(Cc3ccc(F)cc3)C2=O)s1. The number of hydrogen-bond donors (Lipinski definition) is 0. The van der Waals surface area contributed by atoms with Crippen LogP contribution in [0.2, 0.25) is 0 Å². The summed E-state index contributed by atoms with van der Waals surface area (Å²) in [7, 11) is 0. The minimum absolute atomic E-state index is 0.158. The van der Waals surface area contributed by atoms with Gasteiger partial charge in [0.25, 0.3) is 11.1 Å². The number of carbonyl (C=O) groups excluding carboxylic acids is 2. The fourth-order valence-corrected chi connectivity index (χ4v) is 3.79. The van der Waals surface area contributed by atoms with Gasteiger partial charge in [0, 0.05) is 9.75 Å². The van der Waals surface area contributed by atoms with Crippen LogP contribution in [-0.4, -0.2) is 16.0 Å². The van der Waals surface area contributed by atoms with Gasteiger partial charge >= 0.3 is 0 Å². The highest BCUT2D eigenvalue weighted by atomic mass is 32.2. The van der Waals surface area contributed by atoms with Crippen LogP contribution in [0.15, 0.2) is 41.3 Å². The molecule has 0 radical (unpaired) electrons. The van der Waals surface area contributed by atoms with Crippen molar-refractivity contribution in [1.82, 2.24) is 4.90 Å². The van der Waals surface area contributed by atoms with Gasteiger partial charge in [0.1, 0.15) is 5.82 Å². The maximum Gasteiger partial charge on any atom is 0.293 e. The van der Waals surface area contributed by atoms with Crippen LogP contribution in [0, 0.1) is 12.7 Å². The summed E-state index contributed by atoms with van der Waals surface area (Å²) >= 11 is 2.51. The van der Waals surface area contributed by atoms with E-state index in [9.17, 15) is 14.0 Å². The van der Waals surface area contributed by atoms with E-state index in [0.29, 0.717) is 4.91 Å². The fourth-order valence-electron chi connectivity index (χ4n) is 2.07. The summed E-state index contributed by atoms with van der Waals surface area (Å²) in [5, 5.41) is -0.297. The molecule has 1 fully saturated rings. The monoisotopic (exact) mass is 333 g/mol. The van der Waals surface area contributed by atoms with Crippen LogP contribution in [-0.2, 0) is 11.3 Å². The molecule has 1 aromatic heterocycles. The summed E-state index contributed by atoms with van der Waals surface area (Å²) in [6.07, 6.45) is 1.74. The predicted molar refractivity (Wildman–Crippen MR) is 87.0 cm³/mol. The molecule has 1 aliphatic heterocycles. The Labute approximate surface area is 135 Å². The first kappa shape index (κ1) is 15.0. The maximum absolute atomic E-state index is 12.9. The van der Waals surface area contributed by atoms with E-state index in [-0.39, 0.29) is 23.5 Å². The second-order valence-corrected chi connectivity index (χ2v) is 7.16. The van der Waals surface area contributed by atoms with Crippen molar-refractivity contribution < 1.29 is 14.0 Å². The number of imide groups is 1. The van der Waals surface area contributed by atoms with Crippen LogP contribution >= 0.6 is 23.1 Å². The molecule has 1 saturated heterocycles. The number of carbonyl (C=O) groups is 2. The lowest BCUT2D eigenvalue weighted by molar-refractivity contribution is -0.123. The number of aryl methyl sites for hydroxylation is 1. The highest BCUT2D eigenvalue weighted by Gasteiger charge is 2.35. The molecule has 6 heteroatoms. The molecule has 1 aliphatic rings. The molecule has 2 aromatic rings. The van der Waals surface area contributed by atoms with Gasteiger partial charge in [0.15, 0.2) is 0 Å². The predicted octanol–water partition coefficient (Wildman–Crippen LogP) is 4.43. The van der Waals surface area contributed by atoms with Crippen LogP contribution < -0.4 is 0 Å². The van der Waals surface area contributed by atoms with E-state index >= 15 is 0 Å². The Morgan fingerprint density at radius 3 is 2.50 bits per heavy atom. The van der Waals surface area contributed by atoms with E-state index in [1.54, 1.807) is 29.5 Å².